The van der Waals surface area contributed by atoms with Crippen molar-refractivity contribution in [2.24, 2.45) is 0 Å². The first kappa shape index (κ1) is 21.3. The molecule has 0 aliphatic carbocycles. The average molecular weight is 417 g/mol. The van der Waals surface area contributed by atoms with Gasteiger partial charge in [0.2, 0.25) is 5.91 Å². The van der Waals surface area contributed by atoms with Crippen LogP contribution >= 0.6 is 0 Å². The van der Waals surface area contributed by atoms with Gasteiger partial charge in [-0.25, -0.2) is 8.42 Å². The van der Waals surface area contributed by atoms with Crippen LogP contribution in [0.4, 0.5) is 0 Å². The fraction of sp³-hybridized carbons (Fsp3) is 0.409. The molecule has 2 aromatic rings. The molecule has 29 heavy (non-hydrogen) atoms. The molecule has 0 radical (unpaired) electrons. The van der Waals surface area contributed by atoms with Gasteiger partial charge in [0.25, 0.3) is 0 Å². The Hall–Kier alpha value is -2.38. The van der Waals surface area contributed by atoms with E-state index in [0.717, 1.165) is 32.7 Å². The summed E-state index contributed by atoms with van der Waals surface area (Å²) >= 11 is 0. The summed E-state index contributed by atoms with van der Waals surface area (Å²) in [6.07, 6.45) is 2.27. The average Bonchev–Trinajstić information content (AvgIpc) is 2.72. The molecule has 0 spiro atoms. The molecule has 1 aliphatic rings. The SMILES string of the molecule is CS(=O)(=O)c1ccc(OCCCC(=O)N2CCN(Cc3ccccc3)CC2)cc1. The second-order valence-electron chi connectivity index (χ2n) is 7.34. The maximum atomic E-state index is 12.4. The Morgan fingerprint density at radius 3 is 2.24 bits per heavy atom. The van der Waals surface area contributed by atoms with Gasteiger partial charge in [-0.1, -0.05) is 30.3 Å². The van der Waals surface area contributed by atoms with Crippen molar-refractivity contribution >= 4 is 15.7 Å². The molecule has 1 amide bonds. The third kappa shape index (κ3) is 6.58. The topological polar surface area (TPSA) is 66.9 Å². The van der Waals surface area contributed by atoms with E-state index in [9.17, 15) is 13.2 Å². The highest BCUT2D eigenvalue weighted by molar-refractivity contribution is 7.90. The highest BCUT2D eigenvalue weighted by Crippen LogP contribution is 2.16. The van der Waals surface area contributed by atoms with E-state index in [1.807, 2.05) is 11.0 Å². The van der Waals surface area contributed by atoms with Crippen molar-refractivity contribution in [2.75, 3.05) is 39.0 Å². The summed E-state index contributed by atoms with van der Waals surface area (Å²) in [5.41, 5.74) is 1.30. The van der Waals surface area contributed by atoms with Crippen LogP contribution in [0.25, 0.3) is 0 Å². The van der Waals surface area contributed by atoms with E-state index in [4.69, 9.17) is 4.74 Å². The molecule has 1 fully saturated rings. The molecule has 1 heterocycles. The van der Waals surface area contributed by atoms with Crippen molar-refractivity contribution < 1.29 is 17.9 Å². The largest absolute Gasteiger partial charge is 0.494 e. The van der Waals surface area contributed by atoms with Crippen molar-refractivity contribution in [3.8, 4) is 5.75 Å². The zero-order chi connectivity index (χ0) is 20.7. The highest BCUT2D eigenvalue weighted by atomic mass is 32.2. The smallest absolute Gasteiger partial charge is 0.222 e. The van der Waals surface area contributed by atoms with Crippen LogP contribution in [0.2, 0.25) is 0 Å². The van der Waals surface area contributed by atoms with Crippen LogP contribution in [0, 0.1) is 0 Å². The Balaban J connectivity index is 1.34. The molecular formula is C22H28N2O4S. The van der Waals surface area contributed by atoms with Crippen LogP contribution < -0.4 is 4.74 Å². The third-order valence-corrected chi connectivity index (χ3v) is 6.16. The van der Waals surface area contributed by atoms with Crippen LogP contribution in [0.5, 0.6) is 5.75 Å². The first-order chi connectivity index (χ1) is 13.9. The van der Waals surface area contributed by atoms with Gasteiger partial charge in [0.1, 0.15) is 5.75 Å². The summed E-state index contributed by atoms with van der Waals surface area (Å²) in [6, 6.07) is 16.7. The van der Waals surface area contributed by atoms with Crippen LogP contribution in [0.1, 0.15) is 18.4 Å². The maximum absolute atomic E-state index is 12.4. The summed E-state index contributed by atoms with van der Waals surface area (Å²) in [7, 11) is -3.20. The van der Waals surface area contributed by atoms with Crippen molar-refractivity contribution in [3.05, 3.63) is 60.2 Å². The van der Waals surface area contributed by atoms with Crippen molar-refractivity contribution in [1.29, 1.82) is 0 Å². The number of hydrogen-bond donors (Lipinski definition) is 0. The van der Waals surface area contributed by atoms with Crippen LogP contribution in [0.15, 0.2) is 59.5 Å². The van der Waals surface area contributed by atoms with Gasteiger partial charge in [-0.3, -0.25) is 9.69 Å². The summed E-state index contributed by atoms with van der Waals surface area (Å²) in [5.74, 6) is 0.778. The second-order valence-corrected chi connectivity index (χ2v) is 9.35. The van der Waals surface area contributed by atoms with E-state index >= 15 is 0 Å². The molecule has 156 valence electrons. The van der Waals surface area contributed by atoms with E-state index in [1.165, 1.54) is 24.0 Å². The molecule has 1 saturated heterocycles. The number of rotatable bonds is 8. The number of carbonyl (C=O) groups excluding carboxylic acids is 1. The Labute approximate surface area is 173 Å². The molecule has 3 rings (SSSR count). The van der Waals surface area contributed by atoms with Gasteiger partial charge in [0.15, 0.2) is 9.84 Å². The van der Waals surface area contributed by atoms with Crippen LogP contribution in [-0.2, 0) is 21.2 Å². The molecule has 0 unspecified atom stereocenters. The molecule has 7 heteroatoms. The van der Waals surface area contributed by atoms with E-state index in [1.54, 1.807) is 12.1 Å². The Kier molecular flexibility index (Phi) is 7.28. The molecule has 0 aromatic heterocycles. The monoisotopic (exact) mass is 416 g/mol. The van der Waals surface area contributed by atoms with Gasteiger partial charge in [0.05, 0.1) is 11.5 Å². The van der Waals surface area contributed by atoms with Gasteiger partial charge >= 0.3 is 0 Å². The van der Waals surface area contributed by atoms with Crippen LogP contribution in [-0.4, -0.2) is 63.2 Å². The number of piperazine rings is 1. The number of hydrogen-bond acceptors (Lipinski definition) is 5. The normalized spacial score (nSPS) is 15.3. The van der Waals surface area contributed by atoms with Crippen LogP contribution in [0.3, 0.4) is 0 Å². The summed E-state index contributed by atoms with van der Waals surface area (Å²) < 4.78 is 28.5. The third-order valence-electron chi connectivity index (χ3n) is 5.03. The zero-order valence-corrected chi connectivity index (χ0v) is 17.6. The minimum Gasteiger partial charge on any atom is -0.494 e. The predicted octanol–water partition coefficient (Wildman–Crippen LogP) is 2.59. The molecule has 0 saturated carbocycles. The first-order valence-electron chi connectivity index (χ1n) is 9.89. The van der Waals surface area contributed by atoms with E-state index in [2.05, 4.69) is 29.2 Å². The molecule has 2 aromatic carbocycles. The van der Waals surface area contributed by atoms with Crippen molar-refractivity contribution in [1.82, 2.24) is 9.80 Å². The molecule has 0 bridgehead atoms. The lowest BCUT2D eigenvalue weighted by molar-refractivity contribution is -0.133. The Bertz CT molecular complexity index is 890. The van der Waals surface area contributed by atoms with Crippen molar-refractivity contribution in [3.63, 3.8) is 0 Å². The second kappa shape index (κ2) is 9.89. The first-order valence-corrected chi connectivity index (χ1v) is 11.8. The number of nitrogens with zero attached hydrogens (tertiary/aromatic N) is 2. The van der Waals surface area contributed by atoms with Gasteiger partial charge in [-0.05, 0) is 36.2 Å². The van der Waals surface area contributed by atoms with Gasteiger partial charge in [-0.2, -0.15) is 0 Å². The summed E-state index contributed by atoms with van der Waals surface area (Å²) in [4.78, 5) is 17.0. The predicted molar refractivity (Wildman–Crippen MR) is 113 cm³/mol. The maximum Gasteiger partial charge on any atom is 0.222 e. The highest BCUT2D eigenvalue weighted by Gasteiger charge is 2.20. The number of benzene rings is 2. The van der Waals surface area contributed by atoms with Crippen molar-refractivity contribution in [2.45, 2.75) is 24.3 Å². The zero-order valence-electron chi connectivity index (χ0n) is 16.8. The van der Waals surface area contributed by atoms with Gasteiger partial charge < -0.3 is 9.64 Å². The van der Waals surface area contributed by atoms with E-state index in [-0.39, 0.29) is 10.8 Å². The summed E-state index contributed by atoms with van der Waals surface area (Å²) in [6.45, 7) is 4.67. The van der Waals surface area contributed by atoms with Gasteiger partial charge in [0, 0.05) is 45.4 Å². The van der Waals surface area contributed by atoms with Gasteiger partial charge in [-0.15, -0.1) is 0 Å². The number of carbonyl (C=O) groups is 1. The molecule has 0 atom stereocenters. The fourth-order valence-electron chi connectivity index (χ4n) is 3.35. The number of ether oxygens (including phenoxy) is 1. The van der Waals surface area contributed by atoms with E-state index in [0.29, 0.717) is 25.2 Å². The standard InChI is InChI=1S/C22H28N2O4S/c1-29(26,27)21-11-9-20(10-12-21)28-17-5-8-22(25)24-15-13-23(14-16-24)18-19-6-3-2-4-7-19/h2-4,6-7,9-12H,5,8,13-18H2,1H3. The quantitative estimate of drug-likeness (QED) is 0.619. The number of sulfone groups is 1. The lowest BCUT2D eigenvalue weighted by Crippen LogP contribution is -2.48. The minimum atomic E-state index is -3.20. The molecule has 1 aliphatic heterocycles. The minimum absolute atomic E-state index is 0.167. The summed E-state index contributed by atoms with van der Waals surface area (Å²) in [5, 5.41) is 0. The lowest BCUT2D eigenvalue weighted by atomic mass is 10.2. The fourth-order valence-corrected chi connectivity index (χ4v) is 3.98. The number of amides is 1. The lowest BCUT2D eigenvalue weighted by Gasteiger charge is -2.34. The Morgan fingerprint density at radius 2 is 1.62 bits per heavy atom. The molecule has 6 nitrogen and oxygen atoms in total. The molecule has 0 N–H and O–H groups in total. The Morgan fingerprint density at radius 1 is 0.966 bits per heavy atom. The van der Waals surface area contributed by atoms with E-state index < -0.39 is 9.84 Å². The molecular weight excluding hydrogens is 388 g/mol.